The van der Waals surface area contributed by atoms with Gasteiger partial charge in [0.1, 0.15) is 0 Å². The topological polar surface area (TPSA) is 80.7 Å². The second-order valence-electron chi connectivity index (χ2n) is 5.38. The Balaban J connectivity index is 0.00000243. The molecule has 0 saturated carbocycles. The van der Waals surface area contributed by atoms with Crippen LogP contribution in [0.3, 0.4) is 0 Å². The molecular weight excluding hydrogens is 377 g/mol. The first-order valence-electron chi connectivity index (χ1n) is 7.13. The van der Waals surface area contributed by atoms with E-state index in [-0.39, 0.29) is 35.1 Å². The van der Waals surface area contributed by atoms with Gasteiger partial charge in [-0.15, -0.1) is 0 Å². The molecule has 3 aromatic carbocycles. The Kier molecular flexibility index (Phi) is 6.04. The predicted molar refractivity (Wildman–Crippen MR) is 95.4 cm³/mol. The summed E-state index contributed by atoms with van der Waals surface area (Å²) in [5.74, 6) is -1.10. The van der Waals surface area contributed by atoms with Gasteiger partial charge in [0.2, 0.25) is 0 Å². The molecule has 0 amide bonds. The summed E-state index contributed by atoms with van der Waals surface area (Å²) in [7, 11) is -5.68. The van der Waals surface area contributed by atoms with Crippen molar-refractivity contribution in [1.82, 2.24) is 0 Å². The van der Waals surface area contributed by atoms with Crippen molar-refractivity contribution in [3.8, 4) is 0 Å². The summed E-state index contributed by atoms with van der Waals surface area (Å²) < 4.78 is 60.9. The molecule has 3 rings (SSSR count). The summed E-state index contributed by atoms with van der Waals surface area (Å²) in [5, 5.41) is -2.20. The predicted octanol–water partition coefficient (Wildman–Crippen LogP) is 2.98. The third kappa shape index (κ3) is 3.89. The average Bonchev–Trinajstić information content (AvgIpc) is 2.56. The van der Waals surface area contributed by atoms with E-state index in [1.165, 1.54) is 0 Å². The van der Waals surface area contributed by atoms with E-state index in [4.69, 9.17) is 4.55 Å². The first kappa shape index (κ1) is 20.7. The summed E-state index contributed by atoms with van der Waals surface area (Å²) in [6, 6.07) is 15.5. The second kappa shape index (κ2) is 7.58. The van der Waals surface area contributed by atoms with Crippen molar-refractivity contribution in [1.29, 1.82) is 0 Å². The van der Waals surface area contributed by atoms with Gasteiger partial charge in [0, 0.05) is 0 Å². The molecule has 3 aromatic rings. The molecule has 0 spiro atoms. The van der Waals surface area contributed by atoms with Crippen LogP contribution in [0.25, 0.3) is 21.5 Å². The van der Waals surface area contributed by atoms with Gasteiger partial charge < -0.3 is 4.74 Å². The number of carbonyl (C=O) groups is 1. The number of fused-ring (bicyclic) bond motifs is 2. The first-order chi connectivity index (χ1) is 11.7. The molecule has 0 radical (unpaired) electrons. The van der Waals surface area contributed by atoms with Crippen molar-refractivity contribution in [2.75, 3.05) is 6.61 Å². The minimum atomic E-state index is -5.68. The normalized spacial score (nSPS) is 12.0. The van der Waals surface area contributed by atoms with Crippen LogP contribution in [0, 0.1) is 0 Å². The van der Waals surface area contributed by atoms with E-state index >= 15 is 0 Å². The molecule has 0 fully saturated rings. The van der Waals surface area contributed by atoms with Gasteiger partial charge in [0.25, 0.3) is 0 Å². The number of alkyl halides is 2. The summed E-state index contributed by atoms with van der Waals surface area (Å²) in [4.78, 5) is 12.4. The zero-order chi connectivity index (χ0) is 18.2. The van der Waals surface area contributed by atoms with Crippen LogP contribution in [0.1, 0.15) is 10.4 Å². The summed E-state index contributed by atoms with van der Waals surface area (Å²) in [6.07, 6.45) is 0. The number of benzene rings is 3. The SMILES string of the molecule is O=C(OCC(F)(F)S(=O)(=O)O)c1c2ccccc2cc2ccccc12.[NaH]. The number of carbonyl (C=O) groups excluding carboxylic acids is 1. The number of halogens is 2. The second-order valence-corrected chi connectivity index (χ2v) is 6.93. The van der Waals surface area contributed by atoms with Gasteiger partial charge in [-0.2, -0.15) is 17.2 Å². The quantitative estimate of drug-likeness (QED) is 0.321. The van der Waals surface area contributed by atoms with E-state index in [0.29, 0.717) is 21.5 Å². The molecule has 0 aliphatic rings. The third-order valence-corrected chi connectivity index (χ3v) is 4.60. The fourth-order valence-corrected chi connectivity index (χ4v) is 2.74. The fraction of sp³-hybridized carbons (Fsp3) is 0.118. The Hall–Kier alpha value is -1.58. The fourth-order valence-electron chi connectivity index (χ4n) is 2.53. The molecule has 0 aromatic heterocycles. The monoisotopic (exact) mass is 390 g/mol. The molecular formula is C17H13F2NaO5S. The first-order valence-corrected chi connectivity index (χ1v) is 8.57. The zero-order valence-corrected chi connectivity index (χ0v) is 13.5. The molecule has 0 saturated heterocycles. The Morgan fingerprint density at radius 3 is 1.92 bits per heavy atom. The van der Waals surface area contributed by atoms with E-state index < -0.39 is 27.9 Å². The molecule has 1 N–H and O–H groups in total. The van der Waals surface area contributed by atoms with Crippen LogP contribution in [-0.2, 0) is 14.9 Å². The van der Waals surface area contributed by atoms with E-state index in [1.807, 2.05) is 6.07 Å². The minimum absolute atomic E-state index is 0. The van der Waals surface area contributed by atoms with Crippen LogP contribution < -0.4 is 0 Å². The molecule has 0 aliphatic carbocycles. The zero-order valence-electron chi connectivity index (χ0n) is 12.6. The van der Waals surface area contributed by atoms with E-state index in [9.17, 15) is 22.0 Å². The standard InChI is InChI=1S/C17H12F2O5S.Na.H/c18-17(19,25(21,22)23)10-24-16(20)15-13-7-3-1-5-11(13)9-12-6-2-4-8-14(12)15;;/h1-9H,10H2,(H,21,22,23);;. The van der Waals surface area contributed by atoms with Crippen molar-refractivity contribution in [3.05, 3.63) is 60.2 Å². The number of ether oxygens (including phenoxy) is 1. The third-order valence-electron chi connectivity index (χ3n) is 3.72. The van der Waals surface area contributed by atoms with Gasteiger partial charge in [-0.3, -0.25) is 4.55 Å². The summed E-state index contributed by atoms with van der Waals surface area (Å²) >= 11 is 0. The maximum atomic E-state index is 13.3. The molecule has 0 bridgehead atoms. The Labute approximate surface area is 170 Å². The maximum absolute atomic E-state index is 13.3. The van der Waals surface area contributed by atoms with Crippen molar-refractivity contribution in [3.63, 3.8) is 0 Å². The average molecular weight is 390 g/mol. The molecule has 26 heavy (non-hydrogen) atoms. The van der Waals surface area contributed by atoms with Crippen molar-refractivity contribution < 1.29 is 31.3 Å². The van der Waals surface area contributed by atoms with Crippen LogP contribution in [0.2, 0.25) is 0 Å². The molecule has 0 aliphatic heterocycles. The molecule has 0 atom stereocenters. The number of hydrogen-bond acceptors (Lipinski definition) is 4. The van der Waals surface area contributed by atoms with Gasteiger partial charge in [-0.25, -0.2) is 4.79 Å². The van der Waals surface area contributed by atoms with Crippen LogP contribution in [0.5, 0.6) is 0 Å². The Bertz CT molecular complexity index is 1030. The molecule has 9 heteroatoms. The van der Waals surface area contributed by atoms with Crippen molar-refractivity contribution in [2.24, 2.45) is 0 Å². The number of hydrogen-bond donors (Lipinski definition) is 1. The molecule has 132 valence electrons. The molecule has 0 unspecified atom stereocenters. The van der Waals surface area contributed by atoms with Gasteiger partial charge >= 0.3 is 50.9 Å². The van der Waals surface area contributed by atoms with Crippen LogP contribution in [0.4, 0.5) is 8.78 Å². The number of esters is 1. The van der Waals surface area contributed by atoms with Crippen LogP contribution in [-0.4, -0.2) is 60.4 Å². The van der Waals surface area contributed by atoms with E-state index in [1.54, 1.807) is 48.5 Å². The molecule has 5 nitrogen and oxygen atoms in total. The van der Waals surface area contributed by atoms with E-state index in [0.717, 1.165) is 0 Å². The Morgan fingerprint density at radius 1 is 1.00 bits per heavy atom. The van der Waals surface area contributed by atoms with Crippen molar-refractivity contribution >= 4 is 67.2 Å². The Morgan fingerprint density at radius 2 is 1.46 bits per heavy atom. The van der Waals surface area contributed by atoms with Crippen LogP contribution >= 0.6 is 0 Å². The van der Waals surface area contributed by atoms with Gasteiger partial charge in [-0.05, 0) is 27.6 Å². The van der Waals surface area contributed by atoms with Gasteiger partial charge in [0.15, 0.2) is 6.61 Å². The van der Waals surface area contributed by atoms with Gasteiger partial charge in [-0.1, -0.05) is 48.5 Å². The van der Waals surface area contributed by atoms with Gasteiger partial charge in [0.05, 0.1) is 5.56 Å². The molecule has 0 heterocycles. The summed E-state index contributed by atoms with van der Waals surface area (Å²) in [5.41, 5.74) is 0.0554. The van der Waals surface area contributed by atoms with Crippen molar-refractivity contribution in [2.45, 2.75) is 5.25 Å². The van der Waals surface area contributed by atoms with Crippen LogP contribution in [0.15, 0.2) is 54.6 Å². The summed E-state index contributed by atoms with van der Waals surface area (Å²) in [6.45, 7) is -1.78. The number of rotatable bonds is 4. The van der Waals surface area contributed by atoms with E-state index in [2.05, 4.69) is 4.74 Å².